The van der Waals surface area contributed by atoms with Crippen molar-refractivity contribution < 1.29 is 49.1 Å². The number of carbonyl (C=O) groups excluding carboxylic acids is 1. The lowest BCUT2D eigenvalue weighted by Gasteiger charge is -2.16. The van der Waals surface area contributed by atoms with Gasteiger partial charge in [-0.2, -0.15) is 0 Å². The van der Waals surface area contributed by atoms with Crippen LogP contribution in [0.1, 0.15) is 20.8 Å². The minimum Gasteiger partial charge on any atom is -0.473 e. The Hall–Kier alpha value is -4.78. The summed E-state index contributed by atoms with van der Waals surface area (Å²) in [6, 6.07) is 15.7. The molecule has 1 aromatic heterocycles. The van der Waals surface area contributed by atoms with Gasteiger partial charge in [0.05, 0.1) is 16.4 Å². The van der Waals surface area contributed by atoms with Gasteiger partial charge in [-0.15, -0.1) is 0 Å². The van der Waals surface area contributed by atoms with E-state index in [0.29, 0.717) is 5.75 Å². The van der Waals surface area contributed by atoms with Crippen LogP contribution in [-0.4, -0.2) is 85.4 Å². The Bertz CT molecular complexity index is 1270. The minimum atomic E-state index is -1.82. The number of imidazole rings is 1. The van der Waals surface area contributed by atoms with Crippen LogP contribution in [0.5, 0.6) is 5.75 Å². The maximum Gasteiger partial charge on any atom is 0.414 e. The highest BCUT2D eigenvalue weighted by atomic mass is 16.5. The molecule has 0 atom stereocenters. The molecule has 3 aromatic rings. The molecule has 13 nitrogen and oxygen atoms in total. The normalized spacial score (nSPS) is 10.5. The molecule has 0 aliphatic heterocycles. The summed E-state index contributed by atoms with van der Waals surface area (Å²) < 4.78 is 7.71. The zero-order valence-corrected chi connectivity index (χ0v) is 22.1. The quantitative estimate of drug-likeness (QED) is 0.208. The number of aliphatic carboxylic acids is 4. The maximum atomic E-state index is 12.1. The first-order valence-electron chi connectivity index (χ1n) is 11.4. The van der Waals surface area contributed by atoms with Crippen molar-refractivity contribution in [2.75, 3.05) is 20.6 Å². The predicted molar refractivity (Wildman–Crippen MR) is 139 cm³/mol. The fourth-order valence-electron chi connectivity index (χ4n) is 2.75. The monoisotopic (exact) mass is 545 g/mol. The average Bonchev–Trinajstić information content (AvgIpc) is 3.21. The molecular formula is C26H31N3O10. The summed E-state index contributed by atoms with van der Waals surface area (Å²) in [5, 5.41) is 29.6. The van der Waals surface area contributed by atoms with Crippen LogP contribution in [0.2, 0.25) is 0 Å². The van der Waals surface area contributed by atoms with E-state index < -0.39 is 29.3 Å². The molecule has 0 fully saturated rings. The molecule has 0 saturated heterocycles. The fourth-order valence-corrected chi connectivity index (χ4v) is 2.75. The van der Waals surface area contributed by atoms with Gasteiger partial charge in [-0.25, -0.2) is 24.2 Å². The molecule has 4 N–H and O–H groups in total. The van der Waals surface area contributed by atoms with E-state index in [1.807, 2.05) is 63.2 Å². The molecule has 2 aromatic carbocycles. The first-order chi connectivity index (χ1) is 18.0. The van der Waals surface area contributed by atoms with Gasteiger partial charge in [0.1, 0.15) is 11.6 Å². The number of rotatable bonds is 5. The van der Waals surface area contributed by atoms with Gasteiger partial charge in [0.25, 0.3) is 0 Å². The molecular weight excluding hydrogens is 514 g/mol. The molecule has 210 valence electrons. The molecule has 0 spiro atoms. The number of carboxylic acid groups (broad SMARTS) is 4. The van der Waals surface area contributed by atoms with Crippen LogP contribution in [0.3, 0.4) is 0 Å². The lowest BCUT2D eigenvalue weighted by molar-refractivity contribution is -0.159. The van der Waals surface area contributed by atoms with Crippen LogP contribution in [0.4, 0.5) is 0 Å². The average molecular weight is 546 g/mol. The van der Waals surface area contributed by atoms with Crippen LogP contribution >= 0.6 is 0 Å². The lowest BCUT2D eigenvalue weighted by Crippen LogP contribution is -2.25. The second kappa shape index (κ2) is 14.2. The van der Waals surface area contributed by atoms with Crippen LogP contribution in [0.25, 0.3) is 22.4 Å². The van der Waals surface area contributed by atoms with E-state index in [2.05, 4.69) is 29.6 Å². The number of aromatic nitrogens is 2. The van der Waals surface area contributed by atoms with E-state index in [-0.39, 0.29) is 5.97 Å². The third-order valence-corrected chi connectivity index (χ3v) is 4.73. The number of carboxylic acids is 4. The van der Waals surface area contributed by atoms with Crippen molar-refractivity contribution in [3.05, 3.63) is 48.5 Å². The number of benzene rings is 2. The number of nitrogens with zero attached hydrogens (tertiary/aromatic N) is 3. The second-order valence-electron chi connectivity index (χ2n) is 9.26. The number of hydrogen-bond acceptors (Lipinski definition) is 8. The van der Waals surface area contributed by atoms with Gasteiger partial charge in [0, 0.05) is 18.7 Å². The van der Waals surface area contributed by atoms with Gasteiger partial charge in [-0.3, -0.25) is 4.79 Å². The zero-order chi connectivity index (χ0) is 29.9. The fraction of sp³-hybridized carbons (Fsp3) is 0.308. The molecule has 0 radical (unpaired) electrons. The molecule has 13 heteroatoms. The number of carbonyl (C=O) groups is 5. The minimum absolute atomic E-state index is 0.242. The zero-order valence-electron chi connectivity index (χ0n) is 22.1. The Morgan fingerprint density at radius 1 is 0.821 bits per heavy atom. The van der Waals surface area contributed by atoms with Gasteiger partial charge >= 0.3 is 29.8 Å². The van der Waals surface area contributed by atoms with Gasteiger partial charge in [0.2, 0.25) is 0 Å². The number of likely N-dealkylation sites (N-methyl/N-ethyl adjacent to an activating group) is 1. The van der Waals surface area contributed by atoms with Gasteiger partial charge in [-0.05, 0) is 71.3 Å². The van der Waals surface area contributed by atoms with Crippen molar-refractivity contribution in [2.24, 2.45) is 5.41 Å². The number of hydrogen-bond donors (Lipinski definition) is 4. The summed E-state index contributed by atoms with van der Waals surface area (Å²) in [5.41, 5.74) is 2.58. The molecule has 0 aliphatic rings. The van der Waals surface area contributed by atoms with E-state index in [0.717, 1.165) is 35.5 Å². The SMILES string of the molecule is CN(C)CCn1c(-c2ccc(OC(=O)C(C)(C)C)cc2)nc2ccccc21.O=C(O)C(=O)O.O=C(O)C(=O)O. The Labute approximate surface area is 223 Å². The highest BCUT2D eigenvalue weighted by Crippen LogP contribution is 2.27. The van der Waals surface area contributed by atoms with Gasteiger partial charge in [0.15, 0.2) is 0 Å². The predicted octanol–water partition coefficient (Wildman–Crippen LogP) is 2.53. The third-order valence-electron chi connectivity index (χ3n) is 4.73. The highest BCUT2D eigenvalue weighted by Gasteiger charge is 2.23. The molecule has 3 rings (SSSR count). The van der Waals surface area contributed by atoms with Crippen molar-refractivity contribution in [3.8, 4) is 17.1 Å². The van der Waals surface area contributed by atoms with E-state index in [1.54, 1.807) is 0 Å². The van der Waals surface area contributed by atoms with Crippen molar-refractivity contribution in [3.63, 3.8) is 0 Å². The van der Waals surface area contributed by atoms with Crippen molar-refractivity contribution in [1.29, 1.82) is 0 Å². The first kappa shape index (κ1) is 32.2. The molecule has 0 aliphatic carbocycles. The molecule has 0 unspecified atom stereocenters. The summed E-state index contributed by atoms with van der Waals surface area (Å²) in [6.45, 7) is 7.31. The second-order valence-corrected chi connectivity index (χ2v) is 9.26. The Balaban J connectivity index is 0.000000530. The molecule has 1 heterocycles. The van der Waals surface area contributed by atoms with Crippen molar-refractivity contribution >= 4 is 40.9 Å². The van der Waals surface area contributed by atoms with E-state index in [4.69, 9.17) is 49.3 Å². The smallest absolute Gasteiger partial charge is 0.414 e. The summed E-state index contributed by atoms with van der Waals surface area (Å²) >= 11 is 0. The van der Waals surface area contributed by atoms with Crippen LogP contribution in [0, 0.1) is 5.41 Å². The van der Waals surface area contributed by atoms with Crippen LogP contribution in [0.15, 0.2) is 48.5 Å². The Morgan fingerprint density at radius 2 is 1.31 bits per heavy atom. The van der Waals surface area contributed by atoms with E-state index >= 15 is 0 Å². The first-order valence-corrected chi connectivity index (χ1v) is 11.4. The van der Waals surface area contributed by atoms with Crippen LogP contribution < -0.4 is 4.74 Å². The Kier molecular flexibility index (Phi) is 11.8. The molecule has 0 bridgehead atoms. The lowest BCUT2D eigenvalue weighted by atomic mass is 9.97. The largest absolute Gasteiger partial charge is 0.473 e. The summed E-state index contributed by atoms with van der Waals surface area (Å²) in [7, 11) is 4.13. The van der Waals surface area contributed by atoms with E-state index in [1.165, 1.54) is 0 Å². The molecule has 39 heavy (non-hydrogen) atoms. The number of fused-ring (bicyclic) bond motifs is 1. The summed E-state index contributed by atoms with van der Waals surface area (Å²) in [6.07, 6.45) is 0. The standard InChI is InChI=1S/C22H27N3O2.2C2H2O4/c1-22(2,3)21(26)27-17-12-10-16(11-13-17)20-23-18-8-6-7-9-19(18)25(20)15-14-24(4)5;2*3-1(4)2(5)6/h6-13H,14-15H2,1-5H3;2*(H,3,4)(H,5,6). The van der Waals surface area contributed by atoms with Crippen molar-refractivity contribution in [1.82, 2.24) is 14.5 Å². The summed E-state index contributed by atoms with van der Waals surface area (Å²) in [5.74, 6) is -6.06. The topological polar surface area (TPSA) is 197 Å². The summed E-state index contributed by atoms with van der Waals surface area (Å²) in [4.78, 5) is 55.5. The third kappa shape index (κ3) is 10.6. The van der Waals surface area contributed by atoms with Crippen LogP contribution in [-0.2, 0) is 30.5 Å². The van der Waals surface area contributed by atoms with Crippen molar-refractivity contribution in [2.45, 2.75) is 27.3 Å². The van der Waals surface area contributed by atoms with E-state index in [9.17, 15) is 4.79 Å². The van der Waals surface area contributed by atoms with Gasteiger partial charge < -0.3 is 34.6 Å². The van der Waals surface area contributed by atoms with Gasteiger partial charge in [-0.1, -0.05) is 12.1 Å². The number of ether oxygens (including phenoxy) is 1. The number of esters is 1. The Morgan fingerprint density at radius 3 is 1.74 bits per heavy atom. The maximum absolute atomic E-state index is 12.1. The highest BCUT2D eigenvalue weighted by molar-refractivity contribution is 6.27. The molecule has 0 saturated carbocycles. The number of para-hydroxylation sites is 2. The molecule has 0 amide bonds.